The number of ether oxygens (including phenoxy) is 2. The number of rotatable bonds is 7. The molecule has 1 saturated heterocycles. The molecule has 0 radical (unpaired) electrons. The van der Waals surface area contributed by atoms with Crippen LogP contribution in [0.4, 0.5) is 13.2 Å². The van der Waals surface area contributed by atoms with Gasteiger partial charge < -0.3 is 22.8 Å². The first-order chi connectivity index (χ1) is 16.8. The van der Waals surface area contributed by atoms with Gasteiger partial charge in [-0.2, -0.15) is 18.2 Å². The second kappa shape index (κ2) is 9.34. The Morgan fingerprint density at radius 3 is 2.66 bits per heavy atom. The van der Waals surface area contributed by atoms with Crippen LogP contribution in [0.5, 0.6) is 5.75 Å². The van der Waals surface area contributed by atoms with Gasteiger partial charge in [0.15, 0.2) is 11.3 Å². The molecule has 0 amide bonds. The molecular formula is C23H22F3N3O6. The lowest BCUT2D eigenvalue weighted by Crippen LogP contribution is -2.38. The summed E-state index contributed by atoms with van der Waals surface area (Å²) in [7, 11) is 0. The maximum atomic E-state index is 12.9. The van der Waals surface area contributed by atoms with Gasteiger partial charge in [0.1, 0.15) is 17.9 Å². The highest BCUT2D eigenvalue weighted by Gasteiger charge is 2.39. The van der Waals surface area contributed by atoms with E-state index in [1.54, 1.807) is 6.07 Å². The van der Waals surface area contributed by atoms with Crippen molar-refractivity contribution in [2.24, 2.45) is 0 Å². The first kappa shape index (κ1) is 23.4. The van der Waals surface area contributed by atoms with Crippen molar-refractivity contribution in [3.8, 4) is 17.3 Å². The summed E-state index contributed by atoms with van der Waals surface area (Å²) in [6, 6.07) is 4.51. The monoisotopic (exact) mass is 493 g/mol. The van der Waals surface area contributed by atoms with Gasteiger partial charge in [-0.25, -0.2) is 4.79 Å². The van der Waals surface area contributed by atoms with Gasteiger partial charge in [-0.3, -0.25) is 4.90 Å². The molecule has 1 aliphatic heterocycles. The number of alkyl halides is 3. The minimum atomic E-state index is -4.78. The van der Waals surface area contributed by atoms with E-state index in [0.29, 0.717) is 49.3 Å². The molecule has 0 spiro atoms. The second-order valence-corrected chi connectivity index (χ2v) is 8.17. The maximum Gasteiger partial charge on any atom is 0.471 e. The largest absolute Gasteiger partial charge is 0.491 e. The molecule has 0 atom stereocenters. The Bertz CT molecular complexity index is 1400. The van der Waals surface area contributed by atoms with Gasteiger partial charge in [0, 0.05) is 31.8 Å². The number of hydrogen-bond acceptors (Lipinski definition) is 9. The Morgan fingerprint density at radius 1 is 1.14 bits per heavy atom. The van der Waals surface area contributed by atoms with Crippen LogP contribution in [0.3, 0.4) is 0 Å². The molecule has 0 bridgehead atoms. The van der Waals surface area contributed by atoms with Crippen molar-refractivity contribution in [1.82, 2.24) is 15.0 Å². The van der Waals surface area contributed by atoms with Gasteiger partial charge in [-0.15, -0.1) is 0 Å². The van der Waals surface area contributed by atoms with Crippen LogP contribution >= 0.6 is 0 Å². The zero-order chi connectivity index (χ0) is 24.6. The molecule has 0 unspecified atom stereocenters. The highest BCUT2D eigenvalue weighted by atomic mass is 19.4. The van der Waals surface area contributed by atoms with Crippen LogP contribution in [0, 0.1) is 0 Å². The summed E-state index contributed by atoms with van der Waals surface area (Å²) in [6.45, 7) is 6.00. The number of furan rings is 1. The number of benzene rings is 1. The average Bonchev–Trinajstić information content (AvgIpc) is 3.47. The minimum Gasteiger partial charge on any atom is -0.491 e. The summed E-state index contributed by atoms with van der Waals surface area (Å²) in [6.07, 6.45) is -3.39. The van der Waals surface area contributed by atoms with E-state index in [4.69, 9.17) is 18.3 Å². The van der Waals surface area contributed by atoms with Crippen molar-refractivity contribution in [1.29, 1.82) is 0 Å². The summed E-state index contributed by atoms with van der Waals surface area (Å²) >= 11 is 0. The molecule has 0 N–H and O–H groups in total. The lowest BCUT2D eigenvalue weighted by molar-refractivity contribution is -0.159. The third-order valence-electron chi connectivity index (χ3n) is 5.73. The fourth-order valence-corrected chi connectivity index (χ4v) is 4.12. The summed E-state index contributed by atoms with van der Waals surface area (Å²) < 4.78 is 65.8. The Labute approximate surface area is 196 Å². The Kier molecular flexibility index (Phi) is 6.24. The van der Waals surface area contributed by atoms with Gasteiger partial charge >= 0.3 is 17.7 Å². The van der Waals surface area contributed by atoms with Gasteiger partial charge in [0.05, 0.1) is 24.0 Å². The molecule has 186 valence electrons. The van der Waals surface area contributed by atoms with Crippen molar-refractivity contribution in [3.05, 3.63) is 40.1 Å². The molecule has 4 aromatic rings. The van der Waals surface area contributed by atoms with Gasteiger partial charge in [0.2, 0.25) is 5.82 Å². The first-order valence-corrected chi connectivity index (χ1v) is 11.2. The molecule has 4 heterocycles. The highest BCUT2D eigenvalue weighted by Crippen LogP contribution is 2.39. The van der Waals surface area contributed by atoms with Crippen LogP contribution in [0.1, 0.15) is 24.8 Å². The van der Waals surface area contributed by atoms with Gasteiger partial charge in [0.25, 0.3) is 0 Å². The molecule has 1 aliphatic rings. The Hall–Kier alpha value is -3.38. The van der Waals surface area contributed by atoms with E-state index in [0.717, 1.165) is 25.1 Å². The number of hydrogen-bond donors (Lipinski definition) is 0. The fraction of sp³-hybridized carbons (Fsp3) is 0.435. The van der Waals surface area contributed by atoms with Crippen LogP contribution in [-0.2, 0) is 17.3 Å². The standard InChI is InChI=1S/C23H22F3N3O6/c1-2-3-13-10-18(30)34-20-14-11-17(21-27-22(35-28-21)23(24,25)26)33-15(14)12-16(19(13)20)32-9-6-29-4-7-31-8-5-29/h10-12H,2-9H2,1H3. The molecule has 5 rings (SSSR count). The number of nitrogens with zero attached hydrogens (tertiary/aromatic N) is 3. The van der Waals surface area contributed by atoms with E-state index >= 15 is 0 Å². The molecule has 9 nitrogen and oxygen atoms in total. The zero-order valence-corrected chi connectivity index (χ0v) is 18.8. The smallest absolute Gasteiger partial charge is 0.471 e. The predicted octanol–water partition coefficient (Wildman–Crippen LogP) is 4.27. The van der Waals surface area contributed by atoms with E-state index in [2.05, 4.69) is 19.6 Å². The minimum absolute atomic E-state index is 0.0606. The van der Waals surface area contributed by atoms with Crippen LogP contribution in [0.25, 0.3) is 33.5 Å². The van der Waals surface area contributed by atoms with Crippen molar-refractivity contribution < 1.29 is 36.0 Å². The van der Waals surface area contributed by atoms with E-state index in [1.807, 2.05) is 6.92 Å². The molecule has 1 aromatic carbocycles. The average molecular weight is 493 g/mol. The molecular weight excluding hydrogens is 471 g/mol. The number of halogens is 3. The van der Waals surface area contributed by atoms with E-state index < -0.39 is 17.7 Å². The topological polar surface area (TPSA) is 104 Å². The van der Waals surface area contributed by atoms with E-state index in [9.17, 15) is 18.0 Å². The van der Waals surface area contributed by atoms with E-state index in [-0.39, 0.29) is 22.8 Å². The Morgan fingerprint density at radius 2 is 1.94 bits per heavy atom. The SMILES string of the molecule is CCCc1cc(=O)oc2c1c(OCCN1CCOCC1)cc1oc(-c3noc(C(F)(F)F)n3)cc12. The summed E-state index contributed by atoms with van der Waals surface area (Å²) in [4.78, 5) is 17.9. The molecule has 0 saturated carbocycles. The van der Waals surface area contributed by atoms with Crippen molar-refractivity contribution in [2.45, 2.75) is 25.9 Å². The number of morpholine rings is 1. The molecule has 3 aromatic heterocycles. The van der Waals surface area contributed by atoms with Crippen LogP contribution < -0.4 is 10.4 Å². The van der Waals surface area contributed by atoms with E-state index in [1.165, 1.54) is 12.1 Å². The van der Waals surface area contributed by atoms with Gasteiger partial charge in [-0.1, -0.05) is 18.5 Å². The molecule has 12 heteroatoms. The lowest BCUT2D eigenvalue weighted by Gasteiger charge is -2.26. The van der Waals surface area contributed by atoms with Crippen molar-refractivity contribution in [2.75, 3.05) is 39.5 Å². The maximum absolute atomic E-state index is 12.9. The third kappa shape index (κ3) is 4.76. The Balaban J connectivity index is 1.57. The fourth-order valence-electron chi connectivity index (χ4n) is 4.12. The summed E-state index contributed by atoms with van der Waals surface area (Å²) in [5, 5.41) is 4.39. The molecule has 0 aliphatic carbocycles. The zero-order valence-electron chi connectivity index (χ0n) is 18.8. The van der Waals surface area contributed by atoms with Crippen molar-refractivity contribution in [3.63, 3.8) is 0 Å². The number of aryl methyl sites for hydroxylation is 1. The predicted molar refractivity (Wildman–Crippen MR) is 117 cm³/mol. The molecule has 35 heavy (non-hydrogen) atoms. The quantitative estimate of drug-likeness (QED) is 0.349. The first-order valence-electron chi connectivity index (χ1n) is 11.2. The number of aromatic nitrogens is 2. The summed E-state index contributed by atoms with van der Waals surface area (Å²) in [5.74, 6) is -1.46. The van der Waals surface area contributed by atoms with Crippen LogP contribution in [-0.4, -0.2) is 54.5 Å². The van der Waals surface area contributed by atoms with Crippen LogP contribution in [0.2, 0.25) is 0 Å². The lowest BCUT2D eigenvalue weighted by atomic mass is 10.0. The highest BCUT2D eigenvalue weighted by molar-refractivity contribution is 6.07. The van der Waals surface area contributed by atoms with Crippen molar-refractivity contribution >= 4 is 21.9 Å². The number of fused-ring (bicyclic) bond motifs is 3. The third-order valence-corrected chi connectivity index (χ3v) is 5.73. The van der Waals surface area contributed by atoms with Crippen LogP contribution in [0.15, 0.2) is 36.4 Å². The normalized spacial score (nSPS) is 15.3. The summed E-state index contributed by atoms with van der Waals surface area (Å²) in [5.41, 5.74) is 0.691. The molecule has 1 fully saturated rings. The second-order valence-electron chi connectivity index (χ2n) is 8.17. The van der Waals surface area contributed by atoms with Gasteiger partial charge in [-0.05, 0) is 18.1 Å².